The van der Waals surface area contributed by atoms with E-state index in [1.54, 1.807) is 0 Å². The molecule has 15 heteroatoms. The van der Waals surface area contributed by atoms with Gasteiger partial charge < -0.3 is 33.2 Å². The monoisotopic (exact) mass is 535 g/mol. The summed E-state index contributed by atoms with van der Waals surface area (Å²) in [5, 5.41) is 0. The molecule has 0 bridgehead atoms. The van der Waals surface area contributed by atoms with Gasteiger partial charge in [-0.1, -0.05) is 0 Å². The Labute approximate surface area is 208 Å². The number of alkyl halides is 3. The summed E-state index contributed by atoms with van der Waals surface area (Å²) in [7, 11) is 2.29. The number of rotatable bonds is 7. The van der Waals surface area contributed by atoms with Crippen molar-refractivity contribution >= 4 is 35.5 Å². The first kappa shape index (κ1) is 29.4. The fourth-order valence-electron chi connectivity index (χ4n) is 3.22. The zero-order chi connectivity index (χ0) is 27.9. The Hall–Kier alpha value is -3.88. The second kappa shape index (κ2) is 12.4. The van der Waals surface area contributed by atoms with Crippen LogP contribution in [0.4, 0.5) is 18.9 Å². The molecule has 0 saturated carbocycles. The van der Waals surface area contributed by atoms with E-state index < -0.39 is 66.7 Å². The van der Waals surface area contributed by atoms with Crippen LogP contribution in [0.3, 0.4) is 0 Å². The lowest BCUT2D eigenvalue weighted by molar-refractivity contribution is -0.288. The minimum atomic E-state index is -5.20. The number of carbonyl (C=O) groups excluding carboxylic acids is 4. The Morgan fingerprint density at radius 2 is 1.32 bits per heavy atom. The highest BCUT2D eigenvalue weighted by atomic mass is 19.4. The third kappa shape index (κ3) is 8.06. The van der Waals surface area contributed by atoms with Gasteiger partial charge in [0.15, 0.2) is 18.3 Å². The van der Waals surface area contributed by atoms with Crippen molar-refractivity contribution < 1.29 is 65.5 Å². The predicted octanol–water partition coefficient (Wildman–Crippen LogP) is 2.00. The Kier molecular flexibility index (Phi) is 9.82. The maximum absolute atomic E-state index is 13.9. The molecule has 1 fully saturated rings. The van der Waals surface area contributed by atoms with Gasteiger partial charge in [-0.3, -0.25) is 14.4 Å². The molecule has 1 aromatic rings. The fraction of sp³-hybridized carbons (Fsp3) is 0.500. The van der Waals surface area contributed by atoms with E-state index >= 15 is 0 Å². The van der Waals surface area contributed by atoms with Crippen LogP contribution < -0.4 is 4.74 Å². The molecule has 1 saturated heterocycles. The number of esters is 4. The highest BCUT2D eigenvalue weighted by molar-refractivity contribution is 5.85. The summed E-state index contributed by atoms with van der Waals surface area (Å²) in [6, 6.07) is 5.10. The smallest absolute Gasteiger partial charge is 0.468 e. The summed E-state index contributed by atoms with van der Waals surface area (Å²) >= 11 is 0. The Balaban J connectivity index is 2.59. The van der Waals surface area contributed by atoms with Crippen molar-refractivity contribution in [3.8, 4) is 5.75 Å². The maximum atomic E-state index is 13.9. The first-order valence-corrected chi connectivity index (χ1v) is 10.5. The molecule has 1 heterocycles. The van der Waals surface area contributed by atoms with Gasteiger partial charge in [-0.2, -0.15) is 13.2 Å². The van der Waals surface area contributed by atoms with Gasteiger partial charge in [-0.05, 0) is 24.3 Å². The van der Waals surface area contributed by atoms with Gasteiger partial charge >= 0.3 is 30.1 Å². The molecule has 0 aromatic heterocycles. The Morgan fingerprint density at radius 3 is 1.78 bits per heavy atom. The summed E-state index contributed by atoms with van der Waals surface area (Å²) in [6.45, 7) is 2.79. The molecule has 204 valence electrons. The molecular weight excluding hydrogens is 511 g/mol. The molecule has 1 aromatic carbocycles. The normalized spacial score (nSPS) is 23.9. The van der Waals surface area contributed by atoms with Crippen LogP contribution in [0.1, 0.15) is 20.8 Å². The van der Waals surface area contributed by atoms with Crippen molar-refractivity contribution in [1.82, 2.24) is 0 Å². The number of ether oxygens (including phenoxy) is 7. The van der Waals surface area contributed by atoms with Crippen LogP contribution in [0, 0.1) is 0 Å². The number of carbonyl (C=O) groups is 4. The van der Waals surface area contributed by atoms with Crippen LogP contribution in [0.5, 0.6) is 5.75 Å². The van der Waals surface area contributed by atoms with Gasteiger partial charge in [0.25, 0.3) is 5.90 Å². The Bertz CT molecular complexity index is 1030. The molecule has 1 aliphatic heterocycles. The molecule has 0 aliphatic carbocycles. The second-order valence-electron chi connectivity index (χ2n) is 7.40. The van der Waals surface area contributed by atoms with E-state index in [-0.39, 0.29) is 5.69 Å². The predicted molar refractivity (Wildman–Crippen MR) is 115 cm³/mol. The molecule has 0 N–H and O–H groups in total. The third-order valence-corrected chi connectivity index (χ3v) is 4.61. The van der Waals surface area contributed by atoms with E-state index in [1.807, 2.05) is 0 Å². The van der Waals surface area contributed by atoms with Crippen molar-refractivity contribution in [2.24, 2.45) is 4.99 Å². The molecule has 12 nitrogen and oxygen atoms in total. The Morgan fingerprint density at radius 1 is 0.811 bits per heavy atom. The zero-order valence-corrected chi connectivity index (χ0v) is 20.3. The van der Waals surface area contributed by atoms with Gasteiger partial charge in [-0.15, -0.1) is 0 Å². The lowest BCUT2D eigenvalue weighted by atomic mass is 9.97. The van der Waals surface area contributed by atoms with E-state index in [0.29, 0.717) is 5.75 Å². The molecule has 2 rings (SSSR count). The van der Waals surface area contributed by atoms with Crippen LogP contribution in [-0.2, 0) is 47.6 Å². The van der Waals surface area contributed by atoms with Crippen LogP contribution in [0.2, 0.25) is 0 Å². The number of hydrogen-bond acceptors (Lipinski definition) is 12. The first-order chi connectivity index (χ1) is 17.3. The topological polar surface area (TPSA) is 145 Å². The largest absolute Gasteiger partial charge is 0.497 e. The molecule has 1 unspecified atom stereocenters. The fourth-order valence-corrected chi connectivity index (χ4v) is 3.22. The molecule has 0 spiro atoms. The summed E-state index contributed by atoms with van der Waals surface area (Å²) in [5.41, 5.74) is -0.202. The number of benzene rings is 1. The number of aliphatic imine (C=N–C) groups is 1. The molecule has 0 amide bonds. The van der Waals surface area contributed by atoms with Gasteiger partial charge in [0.1, 0.15) is 5.75 Å². The van der Waals surface area contributed by atoms with Crippen LogP contribution in [0.15, 0.2) is 29.3 Å². The van der Waals surface area contributed by atoms with Gasteiger partial charge in [-0.25, -0.2) is 9.79 Å². The maximum Gasteiger partial charge on any atom is 0.468 e. The standard InChI is InChI=1S/C22H24F3NO11/c1-10(27)33-15-16(34-11(2)28)18(35-12(3)29)20(36-17(15)19(30)32-5)37-21(22(23,24)25)26-13-6-8-14(31-4)9-7-13/h6-9,15-18,20H,1-5H3/t15-,16-,17-,18+,20?/m0/s1. The number of nitrogens with zero attached hydrogens (tertiary/aromatic N) is 1. The molecule has 37 heavy (non-hydrogen) atoms. The average Bonchev–Trinajstić information content (AvgIpc) is 2.80. The van der Waals surface area contributed by atoms with Crippen LogP contribution >= 0.6 is 0 Å². The lowest BCUT2D eigenvalue weighted by Gasteiger charge is -2.43. The van der Waals surface area contributed by atoms with Crippen molar-refractivity contribution in [2.45, 2.75) is 57.7 Å². The number of methoxy groups -OCH3 is 2. The highest BCUT2D eigenvalue weighted by Crippen LogP contribution is 2.33. The van der Waals surface area contributed by atoms with Gasteiger partial charge in [0.05, 0.1) is 19.9 Å². The van der Waals surface area contributed by atoms with Crippen LogP contribution in [0.25, 0.3) is 0 Å². The number of hydrogen-bond donors (Lipinski definition) is 0. The molecule has 1 aliphatic rings. The van der Waals surface area contributed by atoms with E-state index in [2.05, 4.69) is 9.73 Å². The third-order valence-electron chi connectivity index (χ3n) is 4.61. The number of halogens is 3. The minimum absolute atomic E-state index is 0.202. The summed E-state index contributed by atoms with van der Waals surface area (Å²) < 4.78 is 76.7. The average molecular weight is 535 g/mol. The van der Waals surface area contributed by atoms with Crippen molar-refractivity contribution in [3.05, 3.63) is 24.3 Å². The molecular formula is C22H24F3NO11. The summed E-state index contributed by atoms with van der Waals surface area (Å²) in [4.78, 5) is 51.1. The minimum Gasteiger partial charge on any atom is -0.497 e. The van der Waals surface area contributed by atoms with E-state index in [1.165, 1.54) is 31.4 Å². The SMILES string of the molecule is COC(=O)[C@H]1OC(OC(=Nc2ccc(OC)cc2)C(F)(F)F)[C@H](OC(C)=O)[C@@H](OC(C)=O)[C@@H]1OC(C)=O. The van der Waals surface area contributed by atoms with Crippen molar-refractivity contribution in [1.29, 1.82) is 0 Å². The lowest BCUT2D eigenvalue weighted by Crippen LogP contribution is -2.64. The van der Waals surface area contributed by atoms with Gasteiger partial charge in [0, 0.05) is 20.8 Å². The second-order valence-corrected chi connectivity index (χ2v) is 7.40. The van der Waals surface area contributed by atoms with E-state index in [0.717, 1.165) is 27.9 Å². The quantitative estimate of drug-likeness (QED) is 0.219. The van der Waals surface area contributed by atoms with Crippen molar-refractivity contribution in [2.75, 3.05) is 14.2 Å². The van der Waals surface area contributed by atoms with Gasteiger partial charge in [0.2, 0.25) is 12.4 Å². The van der Waals surface area contributed by atoms with E-state index in [9.17, 15) is 32.3 Å². The molecule has 5 atom stereocenters. The first-order valence-electron chi connectivity index (χ1n) is 10.5. The highest BCUT2D eigenvalue weighted by Gasteiger charge is 2.57. The summed E-state index contributed by atoms with van der Waals surface area (Å²) in [6.07, 6.45) is -14.9. The zero-order valence-electron chi connectivity index (χ0n) is 20.3. The van der Waals surface area contributed by atoms with Crippen LogP contribution in [-0.4, -0.2) is 80.9 Å². The summed E-state index contributed by atoms with van der Waals surface area (Å²) in [5.74, 6) is -5.74. The van der Waals surface area contributed by atoms with E-state index in [4.69, 9.17) is 28.4 Å². The van der Waals surface area contributed by atoms with Crippen molar-refractivity contribution in [3.63, 3.8) is 0 Å². The molecule has 0 radical (unpaired) electrons.